The lowest BCUT2D eigenvalue weighted by atomic mass is 9.88. The van der Waals surface area contributed by atoms with Crippen molar-refractivity contribution < 1.29 is 4.79 Å². The van der Waals surface area contributed by atoms with Crippen LogP contribution in [-0.4, -0.2) is 53.4 Å². The zero-order valence-corrected chi connectivity index (χ0v) is 20.9. The van der Waals surface area contributed by atoms with E-state index in [4.69, 9.17) is 23.2 Å². The summed E-state index contributed by atoms with van der Waals surface area (Å²) in [5.41, 5.74) is 3.61. The van der Waals surface area contributed by atoms with E-state index in [1.54, 1.807) is 18.2 Å². The molecule has 3 aromatic rings. The number of rotatable bonds is 5. The zero-order valence-electron chi connectivity index (χ0n) is 19.4. The molecular formula is C28H31Cl2N3O. The van der Waals surface area contributed by atoms with Crippen LogP contribution in [0, 0.1) is 5.92 Å². The number of piperidine rings is 2. The normalized spacial score (nSPS) is 18.8. The quantitative estimate of drug-likeness (QED) is 0.404. The van der Waals surface area contributed by atoms with Crippen LogP contribution < -0.4 is 0 Å². The number of benzene rings is 2. The first kappa shape index (κ1) is 23.5. The van der Waals surface area contributed by atoms with Gasteiger partial charge < -0.3 is 14.8 Å². The van der Waals surface area contributed by atoms with Gasteiger partial charge in [-0.2, -0.15) is 0 Å². The first-order valence-corrected chi connectivity index (χ1v) is 13.0. The van der Waals surface area contributed by atoms with Gasteiger partial charge in [0, 0.05) is 42.8 Å². The summed E-state index contributed by atoms with van der Waals surface area (Å²) in [7, 11) is 0. The SMILES string of the molecule is O=C(/C=C/c1ccc(Cl)c(Cl)c1)N1CCC(CN2CCC(c3c[nH]c4ccccc34)CC2)CC1. The molecule has 0 spiro atoms. The van der Waals surface area contributed by atoms with E-state index in [0.29, 0.717) is 21.9 Å². The predicted molar refractivity (Wildman–Crippen MR) is 142 cm³/mol. The first-order chi connectivity index (χ1) is 16.6. The van der Waals surface area contributed by atoms with E-state index in [9.17, 15) is 4.79 Å². The van der Waals surface area contributed by atoms with Crippen molar-refractivity contribution in [1.29, 1.82) is 0 Å². The molecule has 3 heterocycles. The fraction of sp³-hybridized carbons (Fsp3) is 0.393. The van der Waals surface area contributed by atoms with Gasteiger partial charge in [0.15, 0.2) is 0 Å². The molecule has 5 rings (SSSR count). The van der Waals surface area contributed by atoms with Crippen LogP contribution in [0.15, 0.2) is 54.7 Å². The highest BCUT2D eigenvalue weighted by Gasteiger charge is 2.27. The van der Waals surface area contributed by atoms with Crippen molar-refractivity contribution in [3.63, 3.8) is 0 Å². The lowest BCUT2D eigenvalue weighted by Gasteiger charge is -2.37. The third kappa shape index (κ3) is 5.35. The Morgan fingerprint density at radius 1 is 0.971 bits per heavy atom. The molecule has 34 heavy (non-hydrogen) atoms. The number of carbonyl (C=O) groups excluding carboxylic acids is 1. The van der Waals surface area contributed by atoms with Gasteiger partial charge in [-0.3, -0.25) is 4.79 Å². The Kier molecular flexibility index (Phi) is 7.29. The third-order valence-corrected chi connectivity index (χ3v) is 8.19. The molecule has 2 aromatic carbocycles. The summed E-state index contributed by atoms with van der Waals surface area (Å²) >= 11 is 12.0. The van der Waals surface area contributed by atoms with Crippen LogP contribution in [0.2, 0.25) is 10.0 Å². The summed E-state index contributed by atoms with van der Waals surface area (Å²) in [6.45, 7) is 5.15. The second-order valence-electron chi connectivity index (χ2n) is 9.64. The maximum atomic E-state index is 12.6. The summed E-state index contributed by atoms with van der Waals surface area (Å²) in [4.78, 5) is 20.7. The summed E-state index contributed by atoms with van der Waals surface area (Å²) in [6.07, 6.45) is 10.3. The maximum absolute atomic E-state index is 12.6. The third-order valence-electron chi connectivity index (χ3n) is 7.45. The number of H-pyrrole nitrogens is 1. The molecule has 6 heteroatoms. The summed E-state index contributed by atoms with van der Waals surface area (Å²) in [5.74, 6) is 1.39. The van der Waals surface area contributed by atoms with Crippen LogP contribution in [0.25, 0.3) is 17.0 Å². The average molecular weight is 496 g/mol. The second kappa shape index (κ2) is 10.6. The van der Waals surface area contributed by atoms with Crippen molar-refractivity contribution in [2.45, 2.75) is 31.6 Å². The highest BCUT2D eigenvalue weighted by molar-refractivity contribution is 6.42. The van der Waals surface area contributed by atoms with Crippen LogP contribution in [0.5, 0.6) is 0 Å². The van der Waals surface area contributed by atoms with Crippen molar-refractivity contribution in [3.05, 3.63) is 75.9 Å². The van der Waals surface area contributed by atoms with Crippen LogP contribution in [0.4, 0.5) is 0 Å². The fourth-order valence-electron chi connectivity index (χ4n) is 5.45. The number of para-hydroxylation sites is 1. The lowest BCUT2D eigenvalue weighted by Crippen LogP contribution is -2.42. The number of hydrogen-bond donors (Lipinski definition) is 1. The van der Waals surface area contributed by atoms with Crippen LogP contribution in [0.3, 0.4) is 0 Å². The van der Waals surface area contributed by atoms with Crippen molar-refractivity contribution in [1.82, 2.24) is 14.8 Å². The van der Waals surface area contributed by atoms with E-state index in [2.05, 4.69) is 40.3 Å². The number of amides is 1. The maximum Gasteiger partial charge on any atom is 0.246 e. The van der Waals surface area contributed by atoms with Gasteiger partial charge in [0.05, 0.1) is 10.0 Å². The van der Waals surface area contributed by atoms with Crippen LogP contribution in [-0.2, 0) is 4.79 Å². The summed E-state index contributed by atoms with van der Waals surface area (Å²) in [6, 6.07) is 14.0. The summed E-state index contributed by atoms with van der Waals surface area (Å²) in [5, 5.41) is 2.41. The lowest BCUT2D eigenvalue weighted by molar-refractivity contribution is -0.127. The van der Waals surface area contributed by atoms with E-state index < -0.39 is 0 Å². The first-order valence-electron chi connectivity index (χ1n) is 12.3. The molecule has 0 saturated carbocycles. The highest BCUT2D eigenvalue weighted by atomic mass is 35.5. The van der Waals surface area contributed by atoms with E-state index in [1.165, 1.54) is 29.3 Å². The Hall–Kier alpha value is -2.27. The summed E-state index contributed by atoms with van der Waals surface area (Å²) < 4.78 is 0. The molecule has 1 amide bonds. The molecule has 0 unspecified atom stereocenters. The van der Waals surface area contributed by atoms with E-state index in [-0.39, 0.29) is 5.91 Å². The topological polar surface area (TPSA) is 39.3 Å². The number of fused-ring (bicyclic) bond motifs is 1. The number of nitrogens with zero attached hydrogens (tertiary/aromatic N) is 2. The van der Waals surface area contributed by atoms with Gasteiger partial charge in [-0.1, -0.05) is 47.5 Å². The number of hydrogen-bond acceptors (Lipinski definition) is 2. The van der Waals surface area contributed by atoms with Gasteiger partial charge in [-0.15, -0.1) is 0 Å². The average Bonchev–Trinajstić information content (AvgIpc) is 3.30. The van der Waals surface area contributed by atoms with Crippen molar-refractivity contribution in [2.24, 2.45) is 5.92 Å². The Bertz CT molecular complexity index is 1170. The molecule has 2 aliphatic heterocycles. The van der Waals surface area contributed by atoms with Crippen LogP contribution in [0.1, 0.15) is 42.7 Å². The number of likely N-dealkylation sites (tertiary alicyclic amines) is 2. The molecular weight excluding hydrogens is 465 g/mol. The van der Waals surface area contributed by atoms with Gasteiger partial charge in [-0.25, -0.2) is 0 Å². The molecule has 1 N–H and O–H groups in total. The number of carbonyl (C=O) groups is 1. The molecule has 0 radical (unpaired) electrons. The Morgan fingerprint density at radius 2 is 1.74 bits per heavy atom. The number of halogens is 2. The molecule has 2 saturated heterocycles. The minimum atomic E-state index is 0.0732. The fourth-order valence-corrected chi connectivity index (χ4v) is 5.75. The molecule has 4 nitrogen and oxygen atoms in total. The van der Waals surface area contributed by atoms with E-state index in [1.807, 2.05) is 17.0 Å². The molecule has 0 bridgehead atoms. The zero-order chi connectivity index (χ0) is 23.5. The monoisotopic (exact) mass is 495 g/mol. The van der Waals surface area contributed by atoms with Crippen molar-refractivity contribution in [3.8, 4) is 0 Å². The molecule has 178 valence electrons. The number of aromatic nitrogens is 1. The molecule has 2 aliphatic rings. The van der Waals surface area contributed by atoms with E-state index in [0.717, 1.165) is 51.1 Å². The van der Waals surface area contributed by atoms with Crippen molar-refractivity contribution >= 4 is 46.1 Å². The van der Waals surface area contributed by atoms with Gasteiger partial charge in [-0.05, 0) is 86.0 Å². The van der Waals surface area contributed by atoms with Crippen LogP contribution >= 0.6 is 23.2 Å². The Balaban J connectivity index is 1.07. The smallest absolute Gasteiger partial charge is 0.246 e. The van der Waals surface area contributed by atoms with Gasteiger partial charge in [0.1, 0.15) is 0 Å². The minimum absolute atomic E-state index is 0.0732. The Morgan fingerprint density at radius 3 is 2.50 bits per heavy atom. The molecule has 0 aliphatic carbocycles. The highest BCUT2D eigenvalue weighted by Crippen LogP contribution is 2.33. The largest absolute Gasteiger partial charge is 0.361 e. The van der Waals surface area contributed by atoms with Gasteiger partial charge >= 0.3 is 0 Å². The minimum Gasteiger partial charge on any atom is -0.361 e. The molecule has 2 fully saturated rings. The van der Waals surface area contributed by atoms with Gasteiger partial charge in [0.25, 0.3) is 0 Å². The Labute approximate surface area is 211 Å². The molecule has 0 atom stereocenters. The second-order valence-corrected chi connectivity index (χ2v) is 10.5. The number of aromatic amines is 1. The van der Waals surface area contributed by atoms with Crippen molar-refractivity contribution in [2.75, 3.05) is 32.7 Å². The van der Waals surface area contributed by atoms with Gasteiger partial charge in [0.2, 0.25) is 5.91 Å². The standard InChI is InChI=1S/C28H31Cl2N3O/c29-25-7-5-20(17-26(25)30)6-8-28(34)33-15-9-21(10-16-33)19-32-13-11-22(12-14-32)24-18-31-27-4-2-1-3-23(24)27/h1-8,17-18,21-22,31H,9-16,19H2/b8-6+. The predicted octanol–water partition coefficient (Wildman–Crippen LogP) is 6.61. The number of nitrogens with one attached hydrogen (secondary N) is 1. The molecule has 1 aromatic heterocycles. The van der Waals surface area contributed by atoms with E-state index >= 15 is 0 Å².